The first kappa shape index (κ1) is 13.4. The normalized spacial score (nSPS) is 18.1. The molecule has 0 radical (unpaired) electrons. The van der Waals surface area contributed by atoms with E-state index >= 15 is 0 Å². The smallest absolute Gasteiger partial charge is 0.0654 e. The first-order chi connectivity index (χ1) is 9.69. The number of rotatable bonds is 3. The van der Waals surface area contributed by atoms with E-state index in [0.29, 0.717) is 6.04 Å². The van der Waals surface area contributed by atoms with Crippen molar-refractivity contribution in [2.75, 3.05) is 6.54 Å². The van der Waals surface area contributed by atoms with Crippen LogP contribution in [0.4, 0.5) is 0 Å². The van der Waals surface area contributed by atoms with Gasteiger partial charge >= 0.3 is 0 Å². The van der Waals surface area contributed by atoms with Crippen molar-refractivity contribution in [3.05, 3.63) is 46.8 Å². The van der Waals surface area contributed by atoms with Gasteiger partial charge in [0.15, 0.2) is 0 Å². The molecule has 20 heavy (non-hydrogen) atoms. The van der Waals surface area contributed by atoms with Gasteiger partial charge in [0, 0.05) is 17.3 Å². The SMILES string of the molecule is CCNC1CCCc2c1cnn2-c1cc(C)cc(C)c1. The summed E-state index contributed by atoms with van der Waals surface area (Å²) in [6.07, 6.45) is 5.64. The minimum absolute atomic E-state index is 0.475. The summed E-state index contributed by atoms with van der Waals surface area (Å²) in [7, 11) is 0. The number of aryl methyl sites for hydroxylation is 2. The Bertz CT molecular complexity index is 592. The van der Waals surface area contributed by atoms with E-state index in [0.717, 1.165) is 13.0 Å². The zero-order valence-corrected chi connectivity index (χ0v) is 12.6. The van der Waals surface area contributed by atoms with E-state index in [1.165, 1.54) is 40.9 Å². The van der Waals surface area contributed by atoms with E-state index in [1.54, 1.807) is 0 Å². The molecule has 0 saturated carbocycles. The second-order valence-electron chi connectivity index (χ2n) is 5.81. The molecule has 2 aromatic rings. The van der Waals surface area contributed by atoms with Crippen LogP contribution in [0.2, 0.25) is 0 Å². The molecule has 1 aromatic heterocycles. The van der Waals surface area contributed by atoms with E-state index in [1.807, 2.05) is 0 Å². The maximum atomic E-state index is 4.66. The molecule has 1 atom stereocenters. The van der Waals surface area contributed by atoms with Gasteiger partial charge in [-0.2, -0.15) is 5.10 Å². The molecule has 1 unspecified atom stereocenters. The maximum Gasteiger partial charge on any atom is 0.0654 e. The summed E-state index contributed by atoms with van der Waals surface area (Å²) in [5.74, 6) is 0. The van der Waals surface area contributed by atoms with Gasteiger partial charge in [-0.1, -0.05) is 13.0 Å². The second kappa shape index (κ2) is 5.41. The lowest BCUT2D eigenvalue weighted by Gasteiger charge is -2.23. The molecule has 0 fully saturated rings. The molecule has 0 aliphatic heterocycles. The van der Waals surface area contributed by atoms with Crippen LogP contribution in [0.25, 0.3) is 5.69 Å². The van der Waals surface area contributed by atoms with Crippen molar-refractivity contribution in [3.63, 3.8) is 0 Å². The predicted molar refractivity (Wildman–Crippen MR) is 82.4 cm³/mol. The molecular formula is C17H23N3. The monoisotopic (exact) mass is 269 g/mol. The lowest BCUT2D eigenvalue weighted by molar-refractivity contribution is 0.467. The number of benzene rings is 1. The molecule has 106 valence electrons. The number of aromatic nitrogens is 2. The maximum absolute atomic E-state index is 4.66. The third kappa shape index (κ3) is 2.38. The Morgan fingerprint density at radius 2 is 2.00 bits per heavy atom. The Balaban J connectivity index is 2.03. The lowest BCUT2D eigenvalue weighted by atomic mass is 9.93. The van der Waals surface area contributed by atoms with E-state index in [4.69, 9.17) is 0 Å². The van der Waals surface area contributed by atoms with Gasteiger partial charge < -0.3 is 5.32 Å². The van der Waals surface area contributed by atoms with Crippen molar-refractivity contribution in [3.8, 4) is 5.69 Å². The van der Waals surface area contributed by atoms with Gasteiger partial charge in [-0.15, -0.1) is 0 Å². The van der Waals surface area contributed by atoms with Gasteiger partial charge in [0.25, 0.3) is 0 Å². The Labute approximate surface area is 121 Å². The van der Waals surface area contributed by atoms with Crippen LogP contribution in [-0.4, -0.2) is 16.3 Å². The highest BCUT2D eigenvalue weighted by Gasteiger charge is 2.23. The molecular weight excluding hydrogens is 246 g/mol. The molecule has 1 heterocycles. The van der Waals surface area contributed by atoms with Crippen molar-refractivity contribution in [2.45, 2.75) is 46.1 Å². The fraction of sp³-hybridized carbons (Fsp3) is 0.471. The third-order valence-corrected chi connectivity index (χ3v) is 4.08. The molecule has 1 N–H and O–H groups in total. The number of hydrogen-bond donors (Lipinski definition) is 1. The molecule has 1 aliphatic carbocycles. The summed E-state index contributed by atoms with van der Waals surface area (Å²) in [4.78, 5) is 0. The predicted octanol–water partition coefficient (Wildman–Crippen LogP) is 3.48. The third-order valence-electron chi connectivity index (χ3n) is 4.08. The Morgan fingerprint density at radius 1 is 1.25 bits per heavy atom. The summed E-state index contributed by atoms with van der Waals surface area (Å²) >= 11 is 0. The first-order valence-corrected chi connectivity index (χ1v) is 7.58. The van der Waals surface area contributed by atoms with Crippen LogP contribution >= 0.6 is 0 Å². The Morgan fingerprint density at radius 3 is 2.70 bits per heavy atom. The molecule has 3 rings (SSSR count). The number of nitrogens with zero attached hydrogens (tertiary/aromatic N) is 2. The molecule has 1 aliphatic rings. The van der Waals surface area contributed by atoms with Crippen molar-refractivity contribution < 1.29 is 0 Å². The van der Waals surface area contributed by atoms with Crippen LogP contribution < -0.4 is 5.32 Å². The van der Waals surface area contributed by atoms with Crippen LogP contribution in [0, 0.1) is 13.8 Å². The van der Waals surface area contributed by atoms with Crippen LogP contribution in [0.1, 0.15) is 48.2 Å². The van der Waals surface area contributed by atoms with Gasteiger partial charge in [0.1, 0.15) is 0 Å². The van der Waals surface area contributed by atoms with E-state index < -0.39 is 0 Å². The van der Waals surface area contributed by atoms with Gasteiger partial charge in [-0.3, -0.25) is 0 Å². The van der Waals surface area contributed by atoms with Gasteiger partial charge in [0.2, 0.25) is 0 Å². The Hall–Kier alpha value is -1.61. The van der Waals surface area contributed by atoms with Crippen molar-refractivity contribution >= 4 is 0 Å². The van der Waals surface area contributed by atoms with Crippen molar-refractivity contribution in [1.82, 2.24) is 15.1 Å². The quantitative estimate of drug-likeness (QED) is 0.924. The molecule has 0 amide bonds. The highest BCUT2D eigenvalue weighted by atomic mass is 15.3. The summed E-state index contributed by atoms with van der Waals surface area (Å²) in [6, 6.07) is 7.12. The molecule has 3 heteroatoms. The van der Waals surface area contributed by atoms with Gasteiger partial charge in [0.05, 0.1) is 11.9 Å². The zero-order valence-electron chi connectivity index (χ0n) is 12.6. The topological polar surface area (TPSA) is 29.9 Å². The second-order valence-corrected chi connectivity index (χ2v) is 5.81. The van der Waals surface area contributed by atoms with Crippen LogP contribution in [0.3, 0.4) is 0 Å². The fourth-order valence-electron chi connectivity index (χ4n) is 3.31. The summed E-state index contributed by atoms with van der Waals surface area (Å²) in [5.41, 5.74) is 6.55. The van der Waals surface area contributed by atoms with Crippen LogP contribution in [0.15, 0.2) is 24.4 Å². The van der Waals surface area contributed by atoms with E-state index in [2.05, 4.69) is 60.3 Å². The molecule has 0 saturated heterocycles. The summed E-state index contributed by atoms with van der Waals surface area (Å²) < 4.78 is 2.14. The van der Waals surface area contributed by atoms with Crippen LogP contribution in [0.5, 0.6) is 0 Å². The van der Waals surface area contributed by atoms with Gasteiger partial charge in [-0.25, -0.2) is 4.68 Å². The first-order valence-electron chi connectivity index (χ1n) is 7.58. The molecule has 0 bridgehead atoms. The Kier molecular flexibility index (Phi) is 3.62. The molecule has 3 nitrogen and oxygen atoms in total. The van der Waals surface area contributed by atoms with Crippen molar-refractivity contribution in [1.29, 1.82) is 0 Å². The number of fused-ring (bicyclic) bond motifs is 1. The van der Waals surface area contributed by atoms with E-state index in [9.17, 15) is 0 Å². The fourth-order valence-corrected chi connectivity index (χ4v) is 3.31. The minimum atomic E-state index is 0.475. The molecule has 0 spiro atoms. The van der Waals surface area contributed by atoms with Crippen LogP contribution in [-0.2, 0) is 6.42 Å². The average Bonchev–Trinajstić information content (AvgIpc) is 2.83. The average molecular weight is 269 g/mol. The zero-order chi connectivity index (χ0) is 14.1. The largest absolute Gasteiger partial charge is 0.310 e. The van der Waals surface area contributed by atoms with E-state index in [-0.39, 0.29) is 0 Å². The van der Waals surface area contributed by atoms with Crippen molar-refractivity contribution in [2.24, 2.45) is 0 Å². The summed E-state index contributed by atoms with van der Waals surface area (Å²) in [6.45, 7) is 7.48. The van der Waals surface area contributed by atoms with Gasteiger partial charge in [-0.05, 0) is 62.9 Å². The lowest BCUT2D eigenvalue weighted by Crippen LogP contribution is -2.25. The number of nitrogens with one attached hydrogen (secondary N) is 1. The highest BCUT2D eigenvalue weighted by Crippen LogP contribution is 2.31. The minimum Gasteiger partial charge on any atom is -0.310 e. The highest BCUT2D eigenvalue weighted by molar-refractivity contribution is 5.42. The summed E-state index contributed by atoms with van der Waals surface area (Å²) in [5, 5.41) is 8.23. The number of hydrogen-bond acceptors (Lipinski definition) is 2. The molecule has 1 aromatic carbocycles. The standard InChI is InChI=1S/C17H23N3/c1-4-18-16-6-5-7-17-15(16)11-19-20(17)14-9-12(2)8-13(3)10-14/h8-11,16,18H,4-7H2,1-3H3.